The first-order valence-corrected chi connectivity index (χ1v) is 6.41. The molecule has 1 aromatic carbocycles. The molecule has 1 saturated heterocycles. The molecule has 1 aliphatic rings. The average molecular weight is 245 g/mol. The highest BCUT2D eigenvalue weighted by Crippen LogP contribution is 2.23. The Kier molecular flexibility index (Phi) is 4.43. The van der Waals surface area contributed by atoms with Crippen LogP contribution in [0.15, 0.2) is 24.3 Å². The van der Waals surface area contributed by atoms with Gasteiger partial charge in [-0.3, -0.25) is 5.32 Å². The third-order valence-electron chi connectivity index (χ3n) is 3.17. The van der Waals surface area contributed by atoms with Crippen LogP contribution in [0.2, 0.25) is 0 Å². The second-order valence-electron chi connectivity index (χ2n) is 4.40. The number of anilines is 1. The molecule has 1 aliphatic heterocycles. The number of nitrogens with one attached hydrogen (secondary N) is 1. The molecule has 1 N–H and O–H groups in total. The molecule has 0 amide bonds. The van der Waals surface area contributed by atoms with Gasteiger partial charge in [0.2, 0.25) is 0 Å². The van der Waals surface area contributed by atoms with Gasteiger partial charge in [0.25, 0.3) is 0 Å². The summed E-state index contributed by atoms with van der Waals surface area (Å²) in [5.74, 6) is 0.916. The van der Waals surface area contributed by atoms with E-state index in [1.165, 1.54) is 5.69 Å². The summed E-state index contributed by atoms with van der Waals surface area (Å²) in [6.07, 6.45) is 1.09. The second-order valence-corrected chi connectivity index (χ2v) is 4.40. The molecule has 96 valence electrons. The largest absolute Gasteiger partial charge is 0.494 e. The second kappa shape index (κ2) is 6.27. The molecule has 0 saturated carbocycles. The minimum absolute atomic E-state index is 0.427. The molecule has 4 nitrogen and oxygen atoms in total. The first-order chi connectivity index (χ1) is 8.83. The molecule has 1 aromatic rings. The van der Waals surface area contributed by atoms with Crippen LogP contribution in [0.25, 0.3) is 0 Å². The van der Waals surface area contributed by atoms with Crippen molar-refractivity contribution in [1.29, 1.82) is 5.26 Å². The van der Waals surface area contributed by atoms with Gasteiger partial charge in [-0.1, -0.05) is 0 Å². The van der Waals surface area contributed by atoms with Crippen LogP contribution in [0, 0.1) is 11.3 Å². The Hall–Kier alpha value is -1.73. The van der Waals surface area contributed by atoms with Gasteiger partial charge < -0.3 is 9.64 Å². The summed E-state index contributed by atoms with van der Waals surface area (Å²) in [5.41, 5.74) is 1.22. The Bertz CT molecular complexity index is 410. The van der Waals surface area contributed by atoms with Crippen molar-refractivity contribution in [3.63, 3.8) is 0 Å². The summed E-state index contributed by atoms with van der Waals surface area (Å²) < 4.78 is 5.43. The Labute approximate surface area is 108 Å². The molecule has 0 spiro atoms. The quantitative estimate of drug-likeness (QED) is 0.803. The zero-order chi connectivity index (χ0) is 12.8. The smallest absolute Gasteiger partial charge is 0.119 e. The van der Waals surface area contributed by atoms with Gasteiger partial charge in [0.05, 0.1) is 19.2 Å². The SMILES string of the molecule is CCOc1ccc(N2CCC(NCC#N)C2)cc1. The number of ether oxygens (including phenoxy) is 1. The molecule has 18 heavy (non-hydrogen) atoms. The number of benzene rings is 1. The van der Waals surface area contributed by atoms with Gasteiger partial charge in [-0.25, -0.2) is 0 Å². The van der Waals surface area contributed by atoms with E-state index in [1.54, 1.807) is 0 Å². The number of rotatable bonds is 5. The Morgan fingerprint density at radius 1 is 1.44 bits per heavy atom. The lowest BCUT2D eigenvalue weighted by Crippen LogP contribution is -2.32. The summed E-state index contributed by atoms with van der Waals surface area (Å²) in [7, 11) is 0. The summed E-state index contributed by atoms with van der Waals surface area (Å²) in [6.45, 7) is 5.12. The molecule has 2 rings (SSSR count). The van der Waals surface area contributed by atoms with Crippen molar-refractivity contribution in [2.24, 2.45) is 0 Å². The Morgan fingerprint density at radius 3 is 2.89 bits per heavy atom. The van der Waals surface area contributed by atoms with Crippen molar-refractivity contribution in [2.75, 3.05) is 31.1 Å². The molecule has 4 heteroatoms. The monoisotopic (exact) mass is 245 g/mol. The Balaban J connectivity index is 1.91. The van der Waals surface area contributed by atoms with Crippen LogP contribution in [0.1, 0.15) is 13.3 Å². The zero-order valence-electron chi connectivity index (χ0n) is 10.7. The van der Waals surface area contributed by atoms with Crippen LogP contribution in [0.4, 0.5) is 5.69 Å². The molecule has 0 aliphatic carbocycles. The van der Waals surface area contributed by atoms with E-state index in [-0.39, 0.29) is 0 Å². The van der Waals surface area contributed by atoms with E-state index in [9.17, 15) is 0 Å². The minimum Gasteiger partial charge on any atom is -0.494 e. The predicted molar refractivity (Wildman–Crippen MR) is 71.8 cm³/mol. The first kappa shape index (κ1) is 12.7. The molecule has 0 aromatic heterocycles. The normalized spacial score (nSPS) is 18.7. The first-order valence-electron chi connectivity index (χ1n) is 6.41. The molecule has 0 radical (unpaired) electrons. The van der Waals surface area contributed by atoms with Gasteiger partial charge in [0.15, 0.2) is 0 Å². The van der Waals surface area contributed by atoms with E-state index in [2.05, 4.69) is 28.4 Å². The van der Waals surface area contributed by atoms with E-state index in [4.69, 9.17) is 10.00 Å². The van der Waals surface area contributed by atoms with Crippen LogP contribution in [0.5, 0.6) is 5.75 Å². The summed E-state index contributed by atoms with van der Waals surface area (Å²) >= 11 is 0. The highest BCUT2D eigenvalue weighted by atomic mass is 16.5. The van der Waals surface area contributed by atoms with Gasteiger partial charge in [-0.15, -0.1) is 0 Å². The van der Waals surface area contributed by atoms with Crippen molar-refractivity contribution >= 4 is 5.69 Å². The van der Waals surface area contributed by atoms with Gasteiger partial charge in [0.1, 0.15) is 5.75 Å². The standard InChI is InChI=1S/C14H19N3O/c1-2-18-14-5-3-13(4-6-14)17-10-7-12(11-17)16-9-8-15/h3-6,12,16H,2,7,9-11H2,1H3. The van der Waals surface area contributed by atoms with E-state index in [0.717, 1.165) is 25.3 Å². The fraction of sp³-hybridized carbons (Fsp3) is 0.500. The van der Waals surface area contributed by atoms with Gasteiger partial charge >= 0.3 is 0 Å². The highest BCUT2D eigenvalue weighted by Gasteiger charge is 2.21. The summed E-state index contributed by atoms with van der Waals surface area (Å²) in [4.78, 5) is 2.34. The fourth-order valence-corrected chi connectivity index (χ4v) is 2.27. The van der Waals surface area contributed by atoms with E-state index in [1.807, 2.05) is 19.1 Å². The number of hydrogen-bond acceptors (Lipinski definition) is 4. The van der Waals surface area contributed by atoms with Gasteiger partial charge in [-0.05, 0) is 37.6 Å². The van der Waals surface area contributed by atoms with Crippen LogP contribution in [0.3, 0.4) is 0 Å². The van der Waals surface area contributed by atoms with Crippen molar-refractivity contribution in [3.05, 3.63) is 24.3 Å². The molecular weight excluding hydrogens is 226 g/mol. The lowest BCUT2D eigenvalue weighted by Gasteiger charge is -2.19. The molecule has 1 heterocycles. The fourth-order valence-electron chi connectivity index (χ4n) is 2.27. The molecule has 1 atom stereocenters. The maximum absolute atomic E-state index is 8.55. The average Bonchev–Trinajstić information content (AvgIpc) is 2.86. The van der Waals surface area contributed by atoms with Crippen LogP contribution in [-0.2, 0) is 0 Å². The van der Waals surface area contributed by atoms with E-state index in [0.29, 0.717) is 19.2 Å². The number of hydrogen-bond donors (Lipinski definition) is 1. The summed E-state index contributed by atoms with van der Waals surface area (Å²) in [6, 6.07) is 10.8. The van der Waals surface area contributed by atoms with Crippen LogP contribution < -0.4 is 15.0 Å². The van der Waals surface area contributed by atoms with Crippen LogP contribution >= 0.6 is 0 Å². The highest BCUT2D eigenvalue weighted by molar-refractivity contribution is 5.50. The van der Waals surface area contributed by atoms with Crippen molar-refractivity contribution in [2.45, 2.75) is 19.4 Å². The third kappa shape index (κ3) is 3.14. The lowest BCUT2D eigenvalue weighted by molar-refractivity contribution is 0.340. The van der Waals surface area contributed by atoms with Gasteiger partial charge in [-0.2, -0.15) is 5.26 Å². The third-order valence-corrected chi connectivity index (χ3v) is 3.17. The van der Waals surface area contributed by atoms with Crippen molar-refractivity contribution in [1.82, 2.24) is 5.32 Å². The van der Waals surface area contributed by atoms with Crippen molar-refractivity contribution < 1.29 is 4.74 Å². The maximum atomic E-state index is 8.55. The summed E-state index contributed by atoms with van der Waals surface area (Å²) in [5, 5.41) is 11.8. The van der Waals surface area contributed by atoms with E-state index < -0.39 is 0 Å². The molecule has 1 fully saturated rings. The predicted octanol–water partition coefficient (Wildman–Crippen LogP) is 1.78. The molecule has 1 unspecified atom stereocenters. The Morgan fingerprint density at radius 2 is 2.22 bits per heavy atom. The maximum Gasteiger partial charge on any atom is 0.119 e. The van der Waals surface area contributed by atoms with Gasteiger partial charge in [0, 0.05) is 24.8 Å². The van der Waals surface area contributed by atoms with Crippen molar-refractivity contribution in [3.8, 4) is 11.8 Å². The zero-order valence-corrected chi connectivity index (χ0v) is 10.7. The lowest BCUT2D eigenvalue weighted by atomic mass is 10.2. The number of nitrogens with zero attached hydrogens (tertiary/aromatic N) is 2. The molecule has 0 bridgehead atoms. The van der Waals surface area contributed by atoms with E-state index >= 15 is 0 Å². The molecular formula is C14H19N3O. The van der Waals surface area contributed by atoms with Crippen LogP contribution in [-0.4, -0.2) is 32.3 Å². The topological polar surface area (TPSA) is 48.3 Å². The number of nitriles is 1. The minimum atomic E-state index is 0.427.